The molecule has 0 aromatic heterocycles. The minimum atomic E-state index is -1.02. The lowest BCUT2D eigenvalue weighted by molar-refractivity contribution is -0.143. The molecule has 53 heavy (non-hydrogen) atoms. The van der Waals surface area contributed by atoms with Gasteiger partial charge in [-0.3, -0.25) is 9.59 Å². The van der Waals surface area contributed by atoms with E-state index in [1.54, 1.807) is 23.0 Å². The van der Waals surface area contributed by atoms with Gasteiger partial charge >= 0.3 is 0 Å². The molecule has 2 aliphatic rings. The van der Waals surface area contributed by atoms with Gasteiger partial charge in [0.1, 0.15) is 12.2 Å². The number of ether oxygens (including phenoxy) is 3. The van der Waals surface area contributed by atoms with Crippen LogP contribution in [0, 0.1) is 5.41 Å². The molecule has 1 saturated heterocycles. The number of hydrogen-bond acceptors (Lipinski definition) is 7. The summed E-state index contributed by atoms with van der Waals surface area (Å²) >= 11 is 12.9. The van der Waals surface area contributed by atoms with E-state index in [1.807, 2.05) is 48.5 Å². The molecule has 2 amide bonds. The van der Waals surface area contributed by atoms with Gasteiger partial charge in [-0.1, -0.05) is 74.3 Å². The first kappa shape index (κ1) is 44.6. The fraction of sp³-hybridized carbons (Fsp3) is 0.500. The second kappa shape index (κ2) is 20.8. The third-order valence-corrected chi connectivity index (χ3v) is 9.85. The largest absolute Gasteiger partial charge is 0.492 e. The molecule has 0 bridgehead atoms. The molecule has 1 N–H and O–H groups in total. The monoisotopic (exact) mass is 810 g/mol. The van der Waals surface area contributed by atoms with Crippen LogP contribution in [0.15, 0.2) is 60.7 Å². The summed E-state index contributed by atoms with van der Waals surface area (Å²) in [5, 5.41) is 4.62. The van der Waals surface area contributed by atoms with Gasteiger partial charge in [-0.05, 0) is 74.2 Å². The number of nitrogens with one attached hydrogen (secondary N) is 1. The fourth-order valence-corrected chi connectivity index (χ4v) is 7.14. The van der Waals surface area contributed by atoms with Crippen LogP contribution in [0.5, 0.6) is 11.5 Å². The van der Waals surface area contributed by atoms with Crippen LogP contribution in [0.4, 0.5) is 5.69 Å². The lowest BCUT2D eigenvalue weighted by atomic mass is 9.94. The highest BCUT2D eigenvalue weighted by atomic mass is 35.5. The lowest BCUT2D eigenvalue weighted by Crippen LogP contribution is -2.49. The Kier molecular flexibility index (Phi) is 17.5. The van der Waals surface area contributed by atoms with E-state index in [-0.39, 0.29) is 48.5 Å². The molecule has 2 aliphatic heterocycles. The number of rotatable bonds is 14. The predicted octanol–water partition coefficient (Wildman–Crippen LogP) is 7.87. The van der Waals surface area contributed by atoms with Crippen molar-refractivity contribution in [1.82, 2.24) is 15.1 Å². The van der Waals surface area contributed by atoms with Gasteiger partial charge in [0.2, 0.25) is 5.91 Å². The van der Waals surface area contributed by atoms with Crippen molar-refractivity contribution in [3.05, 3.63) is 87.4 Å². The Morgan fingerprint density at radius 1 is 0.981 bits per heavy atom. The number of para-hydroxylation sites is 1. The number of benzene rings is 3. The molecule has 13 heteroatoms. The van der Waals surface area contributed by atoms with E-state index in [9.17, 15) is 9.59 Å². The number of carbonyl (C=O) groups is 2. The molecule has 0 unspecified atom stereocenters. The van der Waals surface area contributed by atoms with Crippen LogP contribution in [0.25, 0.3) is 0 Å². The van der Waals surface area contributed by atoms with Gasteiger partial charge in [0.25, 0.3) is 5.91 Å². The van der Waals surface area contributed by atoms with Gasteiger partial charge in [-0.2, -0.15) is 0 Å². The van der Waals surface area contributed by atoms with Crippen LogP contribution in [0.2, 0.25) is 10.0 Å². The summed E-state index contributed by atoms with van der Waals surface area (Å²) in [6, 6.07) is 19.2. The number of amides is 2. The zero-order valence-electron chi connectivity index (χ0n) is 31.4. The summed E-state index contributed by atoms with van der Waals surface area (Å²) < 4.78 is 19.1. The lowest BCUT2D eigenvalue weighted by Gasteiger charge is -2.32. The molecule has 0 saturated carbocycles. The molecule has 0 spiro atoms. The fourth-order valence-electron chi connectivity index (χ4n) is 6.73. The van der Waals surface area contributed by atoms with Crippen LogP contribution in [-0.4, -0.2) is 94.3 Å². The van der Waals surface area contributed by atoms with Crippen LogP contribution in [0.3, 0.4) is 0 Å². The SMILES string of the molecule is COc1c(OCCCN(C)CCCc2ccccc2Cl)cccc1[C@H]1O[C@H](CC(=O)N2CCNCC2)C(=O)N(CC(C)(C)C)c2ccc(Cl)cc21.Cl.Cl. The second-order valence-corrected chi connectivity index (χ2v) is 15.5. The highest BCUT2D eigenvalue weighted by Crippen LogP contribution is 2.46. The molecule has 3 aromatic carbocycles. The zero-order chi connectivity index (χ0) is 36.5. The van der Waals surface area contributed by atoms with Gasteiger partial charge in [0.05, 0.1) is 20.1 Å². The van der Waals surface area contributed by atoms with Crippen molar-refractivity contribution >= 4 is 65.5 Å². The van der Waals surface area contributed by atoms with Crippen LogP contribution in [0.1, 0.15) is 62.8 Å². The topological polar surface area (TPSA) is 83.6 Å². The molecule has 0 aliphatic carbocycles. The number of hydrogen-bond donors (Lipinski definition) is 1. The average Bonchev–Trinajstić information content (AvgIpc) is 3.20. The maximum absolute atomic E-state index is 14.4. The molecule has 3 aromatic rings. The molecule has 9 nitrogen and oxygen atoms in total. The molecular formula is C40H54Cl4N4O5. The molecule has 2 heterocycles. The molecule has 5 rings (SSSR count). The number of methoxy groups -OCH3 is 1. The van der Waals surface area contributed by atoms with Gasteiger partial charge in [-0.15, -0.1) is 24.8 Å². The van der Waals surface area contributed by atoms with Crippen molar-refractivity contribution in [3.63, 3.8) is 0 Å². The first-order valence-corrected chi connectivity index (χ1v) is 18.7. The van der Waals surface area contributed by atoms with Crippen molar-refractivity contribution < 1.29 is 23.8 Å². The maximum Gasteiger partial charge on any atom is 0.256 e. The molecule has 0 radical (unpaired) electrons. The molecule has 2 atom stereocenters. The maximum atomic E-state index is 14.4. The van der Waals surface area contributed by atoms with Crippen LogP contribution >= 0.6 is 48.0 Å². The Hall–Kier alpha value is -2.76. The van der Waals surface area contributed by atoms with Crippen molar-refractivity contribution in [3.8, 4) is 11.5 Å². The van der Waals surface area contributed by atoms with Gasteiger partial charge in [0, 0.05) is 66.1 Å². The van der Waals surface area contributed by atoms with Gasteiger partial charge in [-0.25, -0.2) is 0 Å². The quantitative estimate of drug-likeness (QED) is 0.166. The van der Waals surface area contributed by atoms with E-state index >= 15 is 0 Å². The number of anilines is 1. The summed E-state index contributed by atoms with van der Waals surface area (Å²) in [4.78, 5) is 33.8. The van der Waals surface area contributed by atoms with Crippen molar-refractivity contribution in [2.45, 2.75) is 58.7 Å². The van der Waals surface area contributed by atoms with Gasteiger partial charge in [0.15, 0.2) is 11.5 Å². The average molecular weight is 813 g/mol. The van der Waals surface area contributed by atoms with E-state index in [2.05, 4.69) is 44.1 Å². The summed E-state index contributed by atoms with van der Waals surface area (Å²) in [5.41, 5.74) is 3.07. The number of halogens is 4. The number of piperazine rings is 1. The molecular weight excluding hydrogens is 758 g/mol. The van der Waals surface area contributed by atoms with E-state index in [4.69, 9.17) is 37.4 Å². The van der Waals surface area contributed by atoms with Crippen LogP contribution < -0.4 is 19.7 Å². The first-order valence-electron chi connectivity index (χ1n) is 17.9. The first-order chi connectivity index (χ1) is 24.4. The number of aryl methyl sites for hydroxylation is 1. The van der Waals surface area contributed by atoms with Crippen molar-refractivity contribution in [2.24, 2.45) is 5.41 Å². The zero-order valence-corrected chi connectivity index (χ0v) is 34.5. The Balaban J connectivity index is 0.00000378. The predicted molar refractivity (Wildman–Crippen MR) is 219 cm³/mol. The van der Waals surface area contributed by atoms with Crippen molar-refractivity contribution in [1.29, 1.82) is 0 Å². The summed E-state index contributed by atoms with van der Waals surface area (Å²) in [7, 11) is 3.73. The standard InChI is InChI=1S/C40H52Cl2N4O5.2ClH/c1-40(2,3)27-46-33-17-16-29(41)25-31(33)37(51-35(39(46)48)26-36(47)45-22-18-43-19-23-45)30-13-8-15-34(38(30)49-5)50-24-10-21-44(4)20-9-12-28-11-6-7-14-32(28)42;;/h6-8,11,13-17,25,35,37,43H,9-10,12,18-24,26-27H2,1-5H3;2*1H/t35-,37-;;/m1../s1. The minimum absolute atomic E-state index is 0. The highest BCUT2D eigenvalue weighted by Gasteiger charge is 2.40. The summed E-state index contributed by atoms with van der Waals surface area (Å²) in [6.07, 6.45) is 0.932. The summed E-state index contributed by atoms with van der Waals surface area (Å²) in [5.74, 6) is 0.748. The van der Waals surface area contributed by atoms with Crippen molar-refractivity contribution in [2.75, 3.05) is 71.5 Å². The Morgan fingerprint density at radius 3 is 2.40 bits per heavy atom. The normalized spacial score (nSPS) is 17.4. The third-order valence-electron chi connectivity index (χ3n) is 9.25. The van der Waals surface area contributed by atoms with E-state index in [0.717, 1.165) is 56.0 Å². The third kappa shape index (κ3) is 12.1. The Morgan fingerprint density at radius 2 is 1.70 bits per heavy atom. The number of nitrogens with zero attached hydrogens (tertiary/aromatic N) is 3. The van der Waals surface area contributed by atoms with Crippen LogP contribution in [-0.2, 0) is 20.7 Å². The summed E-state index contributed by atoms with van der Waals surface area (Å²) in [6.45, 7) is 11.6. The number of carbonyl (C=O) groups excluding carboxylic acids is 2. The molecule has 292 valence electrons. The van der Waals surface area contributed by atoms with E-state index in [0.29, 0.717) is 54.0 Å². The molecule has 1 fully saturated rings. The number of fused-ring (bicyclic) bond motifs is 1. The van der Waals surface area contributed by atoms with E-state index in [1.165, 1.54) is 5.56 Å². The Bertz CT molecular complexity index is 1650. The minimum Gasteiger partial charge on any atom is -0.492 e. The Labute approximate surface area is 337 Å². The van der Waals surface area contributed by atoms with Gasteiger partial charge < -0.3 is 34.2 Å². The highest BCUT2D eigenvalue weighted by molar-refractivity contribution is 6.31. The van der Waals surface area contributed by atoms with E-state index < -0.39 is 12.2 Å². The second-order valence-electron chi connectivity index (χ2n) is 14.6. The smallest absolute Gasteiger partial charge is 0.256 e.